The van der Waals surface area contributed by atoms with Crippen LogP contribution < -0.4 is 15.5 Å². The van der Waals surface area contributed by atoms with Crippen molar-refractivity contribution in [1.82, 2.24) is 4.98 Å². The van der Waals surface area contributed by atoms with Gasteiger partial charge < -0.3 is 20.3 Å². The van der Waals surface area contributed by atoms with Gasteiger partial charge in [0.1, 0.15) is 0 Å². The molecule has 3 aromatic carbocycles. The number of hydrogen-bond acceptors (Lipinski definition) is 4. The number of benzene rings is 3. The molecule has 0 saturated carbocycles. The lowest BCUT2D eigenvalue weighted by Crippen LogP contribution is -2.36. The van der Waals surface area contributed by atoms with Crippen LogP contribution >= 0.6 is 0 Å². The van der Waals surface area contributed by atoms with E-state index in [-0.39, 0.29) is 6.03 Å². The molecule has 0 atom stereocenters. The number of nitrogens with one attached hydrogen (secondary N) is 2. The zero-order valence-corrected chi connectivity index (χ0v) is 18.5. The highest BCUT2D eigenvalue weighted by Crippen LogP contribution is 2.33. The Bertz CT molecular complexity index is 1280. The van der Waals surface area contributed by atoms with Crippen molar-refractivity contribution in [2.75, 3.05) is 41.8 Å². The normalized spacial score (nSPS) is 13.7. The van der Waals surface area contributed by atoms with E-state index in [2.05, 4.69) is 33.7 Å². The summed E-state index contributed by atoms with van der Waals surface area (Å²) in [7, 11) is 0. The van der Waals surface area contributed by atoms with Gasteiger partial charge >= 0.3 is 6.03 Å². The number of fused-ring (bicyclic) bond motifs is 1. The summed E-state index contributed by atoms with van der Waals surface area (Å²) in [4.78, 5) is 19.8. The maximum absolute atomic E-state index is 12.6. The van der Waals surface area contributed by atoms with E-state index in [9.17, 15) is 4.79 Å². The Labute approximate surface area is 193 Å². The van der Waals surface area contributed by atoms with Gasteiger partial charge in [-0.3, -0.25) is 0 Å². The molecule has 5 rings (SSSR count). The summed E-state index contributed by atoms with van der Waals surface area (Å²) in [6.07, 6.45) is 0. The molecule has 0 unspecified atom stereocenters. The molecule has 2 amide bonds. The van der Waals surface area contributed by atoms with Crippen molar-refractivity contribution in [2.24, 2.45) is 0 Å². The van der Waals surface area contributed by atoms with Crippen LogP contribution in [0.15, 0.2) is 78.9 Å². The second-order valence-electron chi connectivity index (χ2n) is 8.17. The fraction of sp³-hybridized carbons (Fsp3) is 0.185. The molecular weight excluding hydrogens is 412 g/mol. The van der Waals surface area contributed by atoms with Crippen molar-refractivity contribution in [3.63, 3.8) is 0 Å². The van der Waals surface area contributed by atoms with E-state index in [4.69, 9.17) is 9.72 Å². The first-order chi connectivity index (χ1) is 16.2. The van der Waals surface area contributed by atoms with Gasteiger partial charge in [0.05, 0.1) is 24.4 Å². The third-order valence-electron chi connectivity index (χ3n) is 5.74. The quantitative estimate of drug-likeness (QED) is 0.430. The molecule has 166 valence electrons. The highest BCUT2D eigenvalue weighted by atomic mass is 16.5. The van der Waals surface area contributed by atoms with Crippen molar-refractivity contribution < 1.29 is 9.53 Å². The van der Waals surface area contributed by atoms with E-state index in [0.717, 1.165) is 57.9 Å². The standard InChI is InChI=1S/C27H26N4O2/c1-19-6-5-9-21(16-19)28-27(32)29-22-10-11-24-23(17-22)26(31-12-14-33-15-13-31)18-25(30-24)20-7-3-2-4-8-20/h2-11,16-18H,12-15H2,1H3,(H2,28,29,32). The first-order valence-electron chi connectivity index (χ1n) is 11.1. The maximum Gasteiger partial charge on any atom is 0.323 e. The number of carbonyl (C=O) groups is 1. The van der Waals surface area contributed by atoms with Crippen LogP contribution in [0.25, 0.3) is 22.2 Å². The molecule has 6 nitrogen and oxygen atoms in total. The zero-order chi connectivity index (χ0) is 22.6. The highest BCUT2D eigenvalue weighted by Gasteiger charge is 2.17. The van der Waals surface area contributed by atoms with Gasteiger partial charge in [-0.15, -0.1) is 0 Å². The number of urea groups is 1. The van der Waals surface area contributed by atoms with Gasteiger partial charge in [-0.05, 0) is 48.9 Å². The molecular formula is C27H26N4O2. The highest BCUT2D eigenvalue weighted by molar-refractivity contribution is 6.03. The second-order valence-corrected chi connectivity index (χ2v) is 8.17. The SMILES string of the molecule is Cc1cccc(NC(=O)Nc2ccc3nc(-c4ccccc4)cc(N4CCOCC4)c3c2)c1. The molecule has 0 aliphatic carbocycles. The fourth-order valence-corrected chi connectivity index (χ4v) is 4.12. The summed E-state index contributed by atoms with van der Waals surface area (Å²) in [6.45, 7) is 5.02. The Hall–Kier alpha value is -3.90. The minimum absolute atomic E-state index is 0.276. The number of nitrogens with zero attached hydrogens (tertiary/aromatic N) is 2. The van der Waals surface area contributed by atoms with Gasteiger partial charge in [-0.25, -0.2) is 9.78 Å². The molecule has 0 radical (unpaired) electrons. The molecule has 1 aliphatic heterocycles. The Morgan fingerprint density at radius 3 is 2.39 bits per heavy atom. The Kier molecular flexibility index (Phi) is 5.91. The van der Waals surface area contributed by atoms with Gasteiger partial charge in [0.15, 0.2) is 0 Å². The average Bonchev–Trinajstić information content (AvgIpc) is 2.84. The third kappa shape index (κ3) is 4.81. The number of aryl methyl sites for hydroxylation is 1. The number of morpholine rings is 1. The van der Waals surface area contributed by atoms with Crippen LogP contribution in [0.2, 0.25) is 0 Å². The first kappa shape index (κ1) is 21.0. The molecule has 6 heteroatoms. The average molecular weight is 439 g/mol. The molecule has 0 bridgehead atoms. The summed E-state index contributed by atoms with van der Waals surface area (Å²) in [6, 6.07) is 25.6. The van der Waals surface area contributed by atoms with Crippen molar-refractivity contribution in [2.45, 2.75) is 6.92 Å². The summed E-state index contributed by atoms with van der Waals surface area (Å²) >= 11 is 0. The molecule has 4 aromatic rings. The minimum atomic E-state index is -0.276. The molecule has 1 saturated heterocycles. The van der Waals surface area contributed by atoms with Crippen LogP contribution in [-0.2, 0) is 4.74 Å². The summed E-state index contributed by atoms with van der Waals surface area (Å²) < 4.78 is 5.57. The number of anilines is 3. The van der Waals surface area contributed by atoms with Crippen LogP contribution in [0.1, 0.15) is 5.56 Å². The van der Waals surface area contributed by atoms with Crippen LogP contribution in [-0.4, -0.2) is 37.3 Å². The number of hydrogen-bond donors (Lipinski definition) is 2. The number of carbonyl (C=O) groups excluding carboxylic acids is 1. The van der Waals surface area contributed by atoms with Crippen LogP contribution in [0, 0.1) is 6.92 Å². The van der Waals surface area contributed by atoms with Crippen molar-refractivity contribution in [3.8, 4) is 11.3 Å². The molecule has 1 fully saturated rings. The molecule has 1 aromatic heterocycles. The van der Waals surface area contributed by atoms with Crippen LogP contribution in [0.5, 0.6) is 0 Å². The second kappa shape index (κ2) is 9.30. The van der Waals surface area contributed by atoms with Crippen LogP contribution in [0.3, 0.4) is 0 Å². The van der Waals surface area contributed by atoms with Gasteiger partial charge in [0.25, 0.3) is 0 Å². The molecule has 33 heavy (non-hydrogen) atoms. The summed E-state index contributed by atoms with van der Waals surface area (Å²) in [5, 5.41) is 6.86. The van der Waals surface area contributed by atoms with Crippen LogP contribution in [0.4, 0.5) is 21.9 Å². The number of aromatic nitrogens is 1. The van der Waals surface area contributed by atoms with Crippen molar-refractivity contribution >= 4 is 34.0 Å². The first-order valence-corrected chi connectivity index (χ1v) is 11.1. The molecule has 2 heterocycles. The van der Waals surface area contributed by atoms with Crippen molar-refractivity contribution in [1.29, 1.82) is 0 Å². The number of amides is 2. The topological polar surface area (TPSA) is 66.5 Å². The molecule has 2 N–H and O–H groups in total. The molecule has 0 spiro atoms. The Morgan fingerprint density at radius 2 is 1.64 bits per heavy atom. The lowest BCUT2D eigenvalue weighted by atomic mass is 10.1. The Morgan fingerprint density at radius 1 is 0.879 bits per heavy atom. The van der Waals surface area contributed by atoms with Gasteiger partial charge in [0.2, 0.25) is 0 Å². The van der Waals surface area contributed by atoms with E-state index in [1.165, 1.54) is 0 Å². The number of rotatable bonds is 4. The third-order valence-corrected chi connectivity index (χ3v) is 5.74. The smallest absolute Gasteiger partial charge is 0.323 e. The summed E-state index contributed by atoms with van der Waals surface area (Å²) in [5.74, 6) is 0. The minimum Gasteiger partial charge on any atom is -0.378 e. The van der Waals surface area contributed by atoms with E-state index >= 15 is 0 Å². The van der Waals surface area contributed by atoms with E-state index in [1.807, 2.05) is 67.6 Å². The van der Waals surface area contributed by atoms with Gasteiger partial charge in [-0.2, -0.15) is 0 Å². The number of ether oxygens (including phenoxy) is 1. The summed E-state index contributed by atoms with van der Waals surface area (Å²) in [5.41, 5.74) is 6.57. The predicted molar refractivity (Wildman–Crippen MR) is 134 cm³/mol. The van der Waals surface area contributed by atoms with E-state index in [1.54, 1.807) is 0 Å². The van der Waals surface area contributed by atoms with E-state index in [0.29, 0.717) is 13.2 Å². The van der Waals surface area contributed by atoms with E-state index < -0.39 is 0 Å². The van der Waals surface area contributed by atoms with Crippen molar-refractivity contribution in [3.05, 3.63) is 84.4 Å². The van der Waals surface area contributed by atoms with Gasteiger partial charge in [0, 0.05) is 41.1 Å². The fourth-order valence-electron chi connectivity index (χ4n) is 4.12. The Balaban J connectivity index is 1.48. The lowest BCUT2D eigenvalue weighted by Gasteiger charge is -2.30. The maximum atomic E-state index is 12.6. The lowest BCUT2D eigenvalue weighted by molar-refractivity contribution is 0.123. The number of pyridine rings is 1. The zero-order valence-electron chi connectivity index (χ0n) is 18.5. The van der Waals surface area contributed by atoms with Gasteiger partial charge in [-0.1, -0.05) is 42.5 Å². The predicted octanol–water partition coefficient (Wildman–Crippen LogP) is 5.69. The molecule has 1 aliphatic rings. The largest absolute Gasteiger partial charge is 0.378 e. The monoisotopic (exact) mass is 438 g/mol.